The molecule has 1 aromatic carbocycles. The molecule has 1 N–H and O–H groups in total. The lowest BCUT2D eigenvalue weighted by atomic mass is 10.0. The summed E-state index contributed by atoms with van der Waals surface area (Å²) in [7, 11) is 0. The van der Waals surface area contributed by atoms with Crippen LogP contribution >= 0.6 is 0 Å². The Kier molecular flexibility index (Phi) is 4.61. The molecule has 0 aliphatic rings. The predicted octanol–water partition coefficient (Wildman–Crippen LogP) is 3.34. The largest absolute Gasteiger partial charge is 0.481 e. The number of benzene rings is 1. The summed E-state index contributed by atoms with van der Waals surface area (Å²) in [5.41, 5.74) is 2.23. The fraction of sp³-hybridized carbons (Fsp3) is 0.308. The van der Waals surface area contributed by atoms with Gasteiger partial charge in [-0.05, 0) is 30.4 Å². The lowest BCUT2D eigenvalue weighted by Gasteiger charge is -2.04. The molecule has 0 aliphatic carbocycles. The minimum Gasteiger partial charge on any atom is -0.481 e. The Morgan fingerprint density at radius 2 is 1.73 bits per heavy atom. The molecule has 0 spiro atoms. The van der Waals surface area contributed by atoms with E-state index in [4.69, 9.17) is 5.11 Å². The topological polar surface area (TPSA) is 37.3 Å². The summed E-state index contributed by atoms with van der Waals surface area (Å²) in [5.74, 6) is -0.722. The normalized spacial score (nSPS) is 9.87. The van der Waals surface area contributed by atoms with Crippen molar-refractivity contribution in [1.82, 2.24) is 0 Å². The minimum absolute atomic E-state index is 0.252. The molecule has 0 heterocycles. The van der Waals surface area contributed by atoms with Gasteiger partial charge < -0.3 is 5.11 Å². The van der Waals surface area contributed by atoms with E-state index in [0.717, 1.165) is 30.4 Å². The van der Waals surface area contributed by atoms with Gasteiger partial charge in [0, 0.05) is 6.42 Å². The fourth-order valence-electron chi connectivity index (χ4n) is 1.43. The molecule has 1 aromatic rings. The number of aliphatic carboxylic acids is 1. The number of carbonyl (C=O) groups is 1. The minimum atomic E-state index is -0.722. The molecule has 15 heavy (non-hydrogen) atoms. The number of carboxylic acid groups (broad SMARTS) is 1. The third kappa shape index (κ3) is 4.45. The Morgan fingerprint density at radius 3 is 2.33 bits per heavy atom. The smallest absolute Gasteiger partial charge is 0.303 e. The lowest BCUT2D eigenvalue weighted by molar-refractivity contribution is -0.137. The van der Waals surface area contributed by atoms with Gasteiger partial charge in [0.2, 0.25) is 0 Å². The Hall–Kier alpha value is -1.57. The highest BCUT2D eigenvalue weighted by atomic mass is 16.4. The van der Waals surface area contributed by atoms with Gasteiger partial charge >= 0.3 is 5.97 Å². The fourth-order valence-corrected chi connectivity index (χ4v) is 1.43. The second-order valence-corrected chi connectivity index (χ2v) is 3.57. The van der Waals surface area contributed by atoms with E-state index >= 15 is 0 Å². The van der Waals surface area contributed by atoms with Gasteiger partial charge in [-0.25, -0.2) is 0 Å². The van der Waals surface area contributed by atoms with Crippen LogP contribution in [-0.2, 0) is 4.79 Å². The van der Waals surface area contributed by atoms with Crippen LogP contribution < -0.4 is 0 Å². The molecule has 2 heteroatoms. The van der Waals surface area contributed by atoms with Crippen LogP contribution in [0.15, 0.2) is 36.9 Å². The highest BCUT2D eigenvalue weighted by molar-refractivity contribution is 5.66. The van der Waals surface area contributed by atoms with Gasteiger partial charge in [-0.1, -0.05) is 36.9 Å². The van der Waals surface area contributed by atoms with Crippen molar-refractivity contribution in [1.29, 1.82) is 0 Å². The molecule has 0 aliphatic heterocycles. The first-order valence-electron chi connectivity index (χ1n) is 5.15. The second kappa shape index (κ2) is 6.02. The van der Waals surface area contributed by atoms with Crippen LogP contribution in [0.1, 0.15) is 31.2 Å². The summed E-state index contributed by atoms with van der Waals surface area (Å²) in [6.45, 7) is 3.99. The van der Waals surface area contributed by atoms with Crippen LogP contribution in [0.3, 0.4) is 0 Å². The Balaban J connectivity index is 2.28. The van der Waals surface area contributed by atoms with Crippen molar-refractivity contribution in [2.24, 2.45) is 0 Å². The Morgan fingerprint density at radius 1 is 1.13 bits per heavy atom. The maximum Gasteiger partial charge on any atom is 0.303 e. The molecular formula is C13H16O2. The molecule has 0 radical (unpaired) electrons. The molecule has 1 rings (SSSR count). The summed E-state index contributed by atoms with van der Waals surface area (Å²) < 4.78 is 0. The highest BCUT2D eigenvalue weighted by Crippen LogP contribution is 2.18. The molecule has 0 aromatic heterocycles. The monoisotopic (exact) mass is 204 g/mol. The number of hydrogen-bond donors (Lipinski definition) is 1. The molecular weight excluding hydrogens is 188 g/mol. The Bertz CT molecular complexity index is 328. The zero-order valence-corrected chi connectivity index (χ0v) is 8.78. The third-order valence-corrected chi connectivity index (χ3v) is 2.30. The molecule has 0 amide bonds. The van der Waals surface area contributed by atoms with E-state index in [2.05, 4.69) is 6.58 Å². The quantitative estimate of drug-likeness (QED) is 0.721. The van der Waals surface area contributed by atoms with Crippen molar-refractivity contribution in [2.75, 3.05) is 0 Å². The zero-order chi connectivity index (χ0) is 11.1. The van der Waals surface area contributed by atoms with Crippen molar-refractivity contribution in [3.05, 3.63) is 42.5 Å². The number of carboxylic acids is 1. The number of rotatable bonds is 6. The van der Waals surface area contributed by atoms with Crippen LogP contribution in [0.5, 0.6) is 0 Å². The van der Waals surface area contributed by atoms with E-state index in [0.29, 0.717) is 0 Å². The van der Waals surface area contributed by atoms with Gasteiger partial charge in [0.1, 0.15) is 0 Å². The maximum atomic E-state index is 10.3. The van der Waals surface area contributed by atoms with E-state index in [1.807, 2.05) is 30.3 Å². The van der Waals surface area contributed by atoms with Gasteiger partial charge in [-0.3, -0.25) is 4.79 Å². The standard InChI is InChI=1S/C13H16O2/c1-11(7-5-6-10-13(14)15)12-8-3-2-4-9-12/h2-4,8-9H,1,5-7,10H2,(H,14,15). The Labute approximate surface area is 90.3 Å². The molecule has 0 fully saturated rings. The first-order chi connectivity index (χ1) is 7.20. The van der Waals surface area contributed by atoms with E-state index < -0.39 is 5.97 Å². The van der Waals surface area contributed by atoms with Crippen molar-refractivity contribution in [2.45, 2.75) is 25.7 Å². The summed E-state index contributed by atoms with van der Waals surface area (Å²) in [6, 6.07) is 10.00. The van der Waals surface area contributed by atoms with Gasteiger partial charge in [0.05, 0.1) is 0 Å². The average molecular weight is 204 g/mol. The lowest BCUT2D eigenvalue weighted by Crippen LogP contribution is -1.93. The summed E-state index contributed by atoms with van der Waals surface area (Å²) in [6.07, 6.45) is 2.74. The second-order valence-electron chi connectivity index (χ2n) is 3.57. The van der Waals surface area contributed by atoms with Crippen molar-refractivity contribution >= 4 is 11.5 Å². The van der Waals surface area contributed by atoms with Crippen LogP contribution in [-0.4, -0.2) is 11.1 Å². The van der Waals surface area contributed by atoms with Gasteiger partial charge in [0.25, 0.3) is 0 Å². The van der Waals surface area contributed by atoms with Crippen LogP contribution in [0.25, 0.3) is 5.57 Å². The average Bonchev–Trinajstić information content (AvgIpc) is 2.25. The third-order valence-electron chi connectivity index (χ3n) is 2.30. The van der Waals surface area contributed by atoms with Crippen LogP contribution in [0.2, 0.25) is 0 Å². The van der Waals surface area contributed by atoms with Gasteiger partial charge in [-0.15, -0.1) is 0 Å². The van der Waals surface area contributed by atoms with E-state index in [1.54, 1.807) is 0 Å². The number of allylic oxidation sites excluding steroid dienone is 1. The predicted molar refractivity (Wildman–Crippen MR) is 61.6 cm³/mol. The zero-order valence-electron chi connectivity index (χ0n) is 8.78. The maximum absolute atomic E-state index is 10.3. The molecule has 0 saturated heterocycles. The molecule has 0 saturated carbocycles. The summed E-state index contributed by atoms with van der Waals surface area (Å²) in [4.78, 5) is 10.3. The van der Waals surface area contributed by atoms with Crippen LogP contribution in [0.4, 0.5) is 0 Å². The first-order valence-corrected chi connectivity index (χ1v) is 5.15. The van der Waals surface area contributed by atoms with Gasteiger partial charge in [-0.2, -0.15) is 0 Å². The van der Waals surface area contributed by atoms with Crippen LogP contribution in [0, 0.1) is 0 Å². The van der Waals surface area contributed by atoms with E-state index in [-0.39, 0.29) is 6.42 Å². The molecule has 0 unspecified atom stereocenters. The molecule has 0 bridgehead atoms. The SMILES string of the molecule is C=C(CCCCC(=O)O)c1ccccc1. The first kappa shape index (κ1) is 11.5. The van der Waals surface area contributed by atoms with Crippen molar-refractivity contribution < 1.29 is 9.90 Å². The summed E-state index contributed by atoms with van der Waals surface area (Å²) in [5, 5.41) is 8.47. The van der Waals surface area contributed by atoms with Crippen molar-refractivity contribution in [3.63, 3.8) is 0 Å². The molecule has 0 atom stereocenters. The highest BCUT2D eigenvalue weighted by Gasteiger charge is 2.00. The van der Waals surface area contributed by atoms with Crippen molar-refractivity contribution in [3.8, 4) is 0 Å². The van der Waals surface area contributed by atoms with Gasteiger partial charge in [0.15, 0.2) is 0 Å². The number of hydrogen-bond acceptors (Lipinski definition) is 1. The molecule has 80 valence electrons. The van der Waals surface area contributed by atoms with E-state index in [1.165, 1.54) is 0 Å². The molecule has 2 nitrogen and oxygen atoms in total. The number of unbranched alkanes of at least 4 members (excludes halogenated alkanes) is 1. The van der Waals surface area contributed by atoms with E-state index in [9.17, 15) is 4.79 Å². The summed E-state index contributed by atoms with van der Waals surface area (Å²) >= 11 is 0.